The average Bonchev–Trinajstić information content (AvgIpc) is 3.11. The van der Waals surface area contributed by atoms with Crippen LogP contribution in [0.4, 0.5) is 11.8 Å². The molecule has 0 bridgehead atoms. The summed E-state index contributed by atoms with van der Waals surface area (Å²) < 4.78 is 0. The fraction of sp³-hybridized carbons (Fsp3) is 0.600. The summed E-state index contributed by atoms with van der Waals surface area (Å²) in [6.45, 7) is 3.87. The Balaban J connectivity index is 1.74. The number of aliphatic hydroxyl groups excluding tert-OH is 1. The van der Waals surface area contributed by atoms with Crippen LogP contribution < -0.4 is 10.6 Å². The standard InChI is InChI=1S/C15H22N4OS/c1-2-6-16-15-18-13(12-5-7-21-14(12)19-15)17-9-10-3-4-11(20)8-10/h5,7,10-11,20H,2-4,6,8-9H2,1H3,(H2,16,17,18,19). The summed E-state index contributed by atoms with van der Waals surface area (Å²) in [4.78, 5) is 10.2. The van der Waals surface area contributed by atoms with Crippen LogP contribution in [0.1, 0.15) is 32.6 Å². The number of hydrogen-bond donors (Lipinski definition) is 3. The summed E-state index contributed by atoms with van der Waals surface area (Å²) in [7, 11) is 0. The first-order valence-corrected chi connectivity index (χ1v) is 8.55. The largest absolute Gasteiger partial charge is 0.393 e. The lowest BCUT2D eigenvalue weighted by molar-refractivity contribution is 0.178. The maximum Gasteiger partial charge on any atom is 0.226 e. The van der Waals surface area contributed by atoms with Crippen LogP contribution in [-0.4, -0.2) is 34.3 Å². The highest BCUT2D eigenvalue weighted by Gasteiger charge is 2.22. The molecule has 21 heavy (non-hydrogen) atoms. The van der Waals surface area contributed by atoms with E-state index >= 15 is 0 Å². The Hall–Kier alpha value is -1.40. The molecule has 0 aromatic carbocycles. The van der Waals surface area contributed by atoms with Crippen molar-refractivity contribution >= 4 is 33.3 Å². The zero-order valence-electron chi connectivity index (χ0n) is 12.3. The Kier molecular flexibility index (Phi) is 4.55. The number of anilines is 2. The molecule has 6 heteroatoms. The number of thiophene rings is 1. The number of fused-ring (bicyclic) bond motifs is 1. The van der Waals surface area contributed by atoms with Crippen molar-refractivity contribution in [3.63, 3.8) is 0 Å². The van der Waals surface area contributed by atoms with Crippen molar-refractivity contribution in [3.8, 4) is 0 Å². The van der Waals surface area contributed by atoms with Gasteiger partial charge in [-0.1, -0.05) is 6.92 Å². The van der Waals surface area contributed by atoms with Crippen LogP contribution in [-0.2, 0) is 0 Å². The van der Waals surface area contributed by atoms with Gasteiger partial charge in [-0.3, -0.25) is 0 Å². The van der Waals surface area contributed by atoms with Gasteiger partial charge in [0.05, 0.1) is 11.5 Å². The molecule has 2 aromatic heterocycles. The second kappa shape index (κ2) is 6.58. The van der Waals surface area contributed by atoms with Crippen molar-refractivity contribution in [1.29, 1.82) is 0 Å². The van der Waals surface area contributed by atoms with E-state index in [1.165, 1.54) is 0 Å². The van der Waals surface area contributed by atoms with E-state index in [2.05, 4.69) is 33.6 Å². The van der Waals surface area contributed by atoms with Gasteiger partial charge in [0, 0.05) is 13.1 Å². The van der Waals surface area contributed by atoms with E-state index in [-0.39, 0.29) is 6.10 Å². The molecule has 0 saturated heterocycles. The lowest BCUT2D eigenvalue weighted by Gasteiger charge is -2.13. The van der Waals surface area contributed by atoms with Crippen LogP contribution >= 0.6 is 11.3 Å². The highest BCUT2D eigenvalue weighted by Crippen LogP contribution is 2.29. The lowest BCUT2D eigenvalue weighted by Crippen LogP contribution is -2.14. The highest BCUT2D eigenvalue weighted by atomic mass is 32.1. The first-order chi connectivity index (χ1) is 10.3. The SMILES string of the molecule is CCCNc1nc(NCC2CCC(O)C2)c2ccsc2n1. The molecule has 2 atom stereocenters. The van der Waals surface area contributed by atoms with E-state index < -0.39 is 0 Å². The first kappa shape index (κ1) is 14.5. The minimum Gasteiger partial charge on any atom is -0.393 e. The second-order valence-electron chi connectivity index (χ2n) is 5.68. The number of nitrogens with one attached hydrogen (secondary N) is 2. The lowest BCUT2D eigenvalue weighted by atomic mass is 10.1. The molecule has 0 aliphatic heterocycles. The van der Waals surface area contributed by atoms with Gasteiger partial charge in [-0.25, -0.2) is 4.98 Å². The normalized spacial score (nSPS) is 21.8. The average molecular weight is 306 g/mol. The molecule has 1 saturated carbocycles. The molecule has 1 fully saturated rings. The third-order valence-electron chi connectivity index (χ3n) is 3.93. The molecular weight excluding hydrogens is 284 g/mol. The van der Waals surface area contributed by atoms with Gasteiger partial charge in [-0.2, -0.15) is 4.98 Å². The van der Waals surface area contributed by atoms with Gasteiger partial charge in [-0.15, -0.1) is 11.3 Å². The summed E-state index contributed by atoms with van der Waals surface area (Å²) in [6.07, 6.45) is 3.84. The van der Waals surface area contributed by atoms with Crippen LogP contribution in [0.5, 0.6) is 0 Å². The predicted molar refractivity (Wildman–Crippen MR) is 88.0 cm³/mol. The maximum atomic E-state index is 9.61. The summed E-state index contributed by atoms with van der Waals surface area (Å²) >= 11 is 1.64. The number of aliphatic hydroxyl groups is 1. The molecule has 5 nitrogen and oxygen atoms in total. The fourth-order valence-corrected chi connectivity index (χ4v) is 3.54. The van der Waals surface area contributed by atoms with E-state index in [9.17, 15) is 5.11 Å². The molecule has 2 heterocycles. The Bertz CT molecular complexity index is 600. The summed E-state index contributed by atoms with van der Waals surface area (Å²) in [5.74, 6) is 2.14. The van der Waals surface area contributed by atoms with Gasteiger partial charge >= 0.3 is 0 Å². The molecule has 2 unspecified atom stereocenters. The Morgan fingerprint density at radius 1 is 1.33 bits per heavy atom. The molecule has 3 rings (SSSR count). The van der Waals surface area contributed by atoms with Crippen LogP contribution in [0.3, 0.4) is 0 Å². The van der Waals surface area contributed by atoms with Crippen LogP contribution in [0.15, 0.2) is 11.4 Å². The van der Waals surface area contributed by atoms with Crippen molar-refractivity contribution in [1.82, 2.24) is 9.97 Å². The number of rotatable bonds is 6. The maximum absolute atomic E-state index is 9.61. The summed E-state index contributed by atoms with van der Waals surface area (Å²) in [5, 5.41) is 19.5. The van der Waals surface area contributed by atoms with Gasteiger partial charge < -0.3 is 15.7 Å². The smallest absolute Gasteiger partial charge is 0.226 e. The van der Waals surface area contributed by atoms with Crippen LogP contribution in [0, 0.1) is 5.92 Å². The van der Waals surface area contributed by atoms with Crippen molar-refractivity contribution in [2.45, 2.75) is 38.7 Å². The minimum absolute atomic E-state index is 0.120. The molecule has 1 aliphatic rings. The van der Waals surface area contributed by atoms with Gasteiger partial charge in [0.2, 0.25) is 5.95 Å². The van der Waals surface area contributed by atoms with Gasteiger partial charge in [-0.05, 0) is 43.0 Å². The van der Waals surface area contributed by atoms with Crippen molar-refractivity contribution < 1.29 is 5.11 Å². The molecule has 0 amide bonds. The zero-order valence-corrected chi connectivity index (χ0v) is 13.1. The topological polar surface area (TPSA) is 70.1 Å². The van der Waals surface area contributed by atoms with E-state index in [4.69, 9.17) is 0 Å². The Morgan fingerprint density at radius 3 is 3.00 bits per heavy atom. The Labute approximate surface area is 128 Å². The monoisotopic (exact) mass is 306 g/mol. The van der Waals surface area contributed by atoms with Crippen LogP contribution in [0.25, 0.3) is 10.2 Å². The van der Waals surface area contributed by atoms with Crippen molar-refractivity contribution in [2.24, 2.45) is 5.92 Å². The highest BCUT2D eigenvalue weighted by molar-refractivity contribution is 7.16. The zero-order chi connectivity index (χ0) is 14.7. The predicted octanol–water partition coefficient (Wildman–Crippen LogP) is 3.09. The third-order valence-corrected chi connectivity index (χ3v) is 4.74. The molecule has 0 radical (unpaired) electrons. The number of nitrogens with zero attached hydrogens (tertiary/aromatic N) is 2. The van der Waals surface area contributed by atoms with Gasteiger partial charge in [0.1, 0.15) is 10.6 Å². The molecular formula is C15H22N4OS. The van der Waals surface area contributed by atoms with E-state index in [1.54, 1.807) is 11.3 Å². The molecule has 1 aliphatic carbocycles. The molecule has 0 spiro atoms. The third kappa shape index (κ3) is 3.44. The minimum atomic E-state index is -0.120. The second-order valence-corrected chi connectivity index (χ2v) is 6.57. The van der Waals surface area contributed by atoms with Gasteiger partial charge in [0.25, 0.3) is 0 Å². The van der Waals surface area contributed by atoms with E-state index in [1.807, 2.05) is 5.38 Å². The molecule has 2 aromatic rings. The fourth-order valence-electron chi connectivity index (χ4n) is 2.78. The summed E-state index contributed by atoms with van der Waals surface area (Å²) in [6, 6.07) is 2.06. The van der Waals surface area contributed by atoms with Gasteiger partial charge in [0.15, 0.2) is 0 Å². The van der Waals surface area contributed by atoms with E-state index in [0.717, 1.165) is 54.8 Å². The molecule has 114 valence electrons. The molecule has 3 N–H and O–H groups in total. The van der Waals surface area contributed by atoms with Crippen molar-refractivity contribution in [3.05, 3.63) is 11.4 Å². The Morgan fingerprint density at radius 2 is 2.24 bits per heavy atom. The van der Waals surface area contributed by atoms with Crippen molar-refractivity contribution in [2.75, 3.05) is 23.7 Å². The summed E-state index contributed by atoms with van der Waals surface area (Å²) in [5.41, 5.74) is 0. The van der Waals surface area contributed by atoms with E-state index in [0.29, 0.717) is 11.9 Å². The number of aromatic nitrogens is 2. The number of hydrogen-bond acceptors (Lipinski definition) is 6. The van der Waals surface area contributed by atoms with Crippen LogP contribution in [0.2, 0.25) is 0 Å². The quantitative estimate of drug-likeness (QED) is 0.765. The first-order valence-electron chi connectivity index (χ1n) is 7.67.